The Bertz CT molecular complexity index is 646. The van der Waals surface area contributed by atoms with E-state index in [1.165, 1.54) is 140 Å². The SMILES string of the molecule is C=C/C=C(\C=C/CCCCCC1CCC(CCCCC)CC1)CC(=C)C1CCC(CCCC(C)C)CC1. The molecule has 2 aliphatic rings. The van der Waals surface area contributed by atoms with E-state index in [4.69, 9.17) is 0 Å². The fourth-order valence-corrected chi connectivity index (χ4v) is 7.00. The third-order valence-electron chi connectivity index (χ3n) is 9.58. The van der Waals surface area contributed by atoms with Crippen molar-refractivity contribution in [2.45, 2.75) is 156 Å². The molecule has 2 saturated carbocycles. The lowest BCUT2D eigenvalue weighted by atomic mass is 9.76. The highest BCUT2D eigenvalue weighted by Crippen LogP contribution is 2.37. The Morgan fingerprint density at radius 3 is 1.89 bits per heavy atom. The molecule has 0 radical (unpaired) electrons. The minimum absolute atomic E-state index is 0.731. The van der Waals surface area contributed by atoms with Gasteiger partial charge in [0.1, 0.15) is 0 Å². The Kier molecular flexibility index (Phi) is 17.3. The molecule has 2 fully saturated rings. The summed E-state index contributed by atoms with van der Waals surface area (Å²) in [7, 11) is 0. The first-order valence-corrected chi connectivity index (χ1v) is 16.7. The predicted octanol–water partition coefficient (Wildman–Crippen LogP) is 12.6. The van der Waals surface area contributed by atoms with Gasteiger partial charge in [0.15, 0.2) is 0 Å². The number of hydrogen-bond donors (Lipinski definition) is 0. The molecular weight excluding hydrogens is 444 g/mol. The number of hydrogen-bond acceptors (Lipinski definition) is 0. The quantitative estimate of drug-likeness (QED) is 0.0924. The highest BCUT2D eigenvalue weighted by molar-refractivity contribution is 5.28. The monoisotopic (exact) mass is 509 g/mol. The number of rotatable bonds is 19. The summed E-state index contributed by atoms with van der Waals surface area (Å²) in [4.78, 5) is 0. The fraction of sp³-hybridized carbons (Fsp3) is 0.784. The lowest BCUT2D eigenvalue weighted by Crippen LogP contribution is -2.16. The summed E-state index contributed by atoms with van der Waals surface area (Å²) >= 11 is 0. The van der Waals surface area contributed by atoms with Gasteiger partial charge in [-0.3, -0.25) is 0 Å². The largest absolute Gasteiger partial charge is 0.0992 e. The minimum Gasteiger partial charge on any atom is -0.0992 e. The molecule has 0 unspecified atom stereocenters. The van der Waals surface area contributed by atoms with E-state index in [1.807, 2.05) is 6.08 Å². The summed E-state index contributed by atoms with van der Waals surface area (Å²) in [5.41, 5.74) is 2.85. The van der Waals surface area contributed by atoms with Gasteiger partial charge in [0, 0.05) is 0 Å². The minimum atomic E-state index is 0.731. The molecule has 0 aromatic rings. The third kappa shape index (κ3) is 14.6. The zero-order valence-electron chi connectivity index (χ0n) is 25.5. The zero-order valence-corrected chi connectivity index (χ0v) is 25.5. The van der Waals surface area contributed by atoms with Crippen LogP contribution >= 0.6 is 0 Å². The summed E-state index contributed by atoms with van der Waals surface area (Å²) in [5, 5.41) is 0. The Morgan fingerprint density at radius 2 is 1.32 bits per heavy atom. The maximum absolute atomic E-state index is 4.54. The van der Waals surface area contributed by atoms with E-state index in [9.17, 15) is 0 Å². The number of allylic oxidation sites excluding steroid dienone is 6. The standard InChI is InChI=1S/C37H64/c1-6-8-12-18-33-22-24-34(25-23-33)19-13-10-9-11-14-20-36(16-7-2)30-32(5)37-28-26-35(27-29-37)21-15-17-31(3)4/h7,14,16,20,31,33-35,37H,2,5-6,8-13,15,17-19,21-30H2,1,3-4H3/b20-14-,36-16+. The lowest BCUT2D eigenvalue weighted by Gasteiger charge is -2.30. The second-order valence-corrected chi connectivity index (χ2v) is 13.3. The summed E-state index contributed by atoms with van der Waals surface area (Å²) in [6, 6.07) is 0. The zero-order chi connectivity index (χ0) is 26.7. The van der Waals surface area contributed by atoms with E-state index in [0.29, 0.717) is 0 Å². The average molecular weight is 509 g/mol. The summed E-state index contributed by atoms with van der Waals surface area (Å²) in [6.07, 6.45) is 38.5. The highest BCUT2D eigenvalue weighted by atomic mass is 14.3. The van der Waals surface area contributed by atoms with Gasteiger partial charge >= 0.3 is 0 Å². The van der Waals surface area contributed by atoms with Crippen molar-refractivity contribution in [3.63, 3.8) is 0 Å². The van der Waals surface area contributed by atoms with E-state index in [0.717, 1.165) is 36.0 Å². The van der Waals surface area contributed by atoms with Crippen molar-refractivity contribution in [2.24, 2.45) is 29.6 Å². The second kappa shape index (κ2) is 19.9. The Hall–Kier alpha value is -1.04. The van der Waals surface area contributed by atoms with Gasteiger partial charge in [-0.1, -0.05) is 154 Å². The van der Waals surface area contributed by atoms with Crippen molar-refractivity contribution in [3.05, 3.63) is 48.6 Å². The molecule has 0 heterocycles. The van der Waals surface area contributed by atoms with Crippen molar-refractivity contribution < 1.29 is 0 Å². The van der Waals surface area contributed by atoms with Gasteiger partial charge in [0.2, 0.25) is 0 Å². The maximum Gasteiger partial charge on any atom is -0.00672 e. The molecule has 0 aromatic heterocycles. The van der Waals surface area contributed by atoms with Gasteiger partial charge in [-0.15, -0.1) is 0 Å². The molecule has 2 rings (SSSR count). The molecule has 0 aliphatic heterocycles. The van der Waals surface area contributed by atoms with Crippen LogP contribution in [0.1, 0.15) is 156 Å². The van der Waals surface area contributed by atoms with Gasteiger partial charge in [0.25, 0.3) is 0 Å². The molecule has 0 N–H and O–H groups in total. The Balaban J connectivity index is 1.56. The molecule has 0 atom stereocenters. The van der Waals surface area contributed by atoms with Crippen molar-refractivity contribution in [3.8, 4) is 0 Å². The molecule has 0 amide bonds. The van der Waals surface area contributed by atoms with Crippen LogP contribution in [0.3, 0.4) is 0 Å². The molecule has 2 aliphatic carbocycles. The normalized spacial score (nSPS) is 25.1. The van der Waals surface area contributed by atoms with Gasteiger partial charge in [0.05, 0.1) is 0 Å². The van der Waals surface area contributed by atoms with Crippen molar-refractivity contribution in [1.29, 1.82) is 0 Å². The van der Waals surface area contributed by atoms with Crippen LogP contribution in [0, 0.1) is 29.6 Å². The molecule has 0 bridgehead atoms. The van der Waals surface area contributed by atoms with Crippen LogP contribution in [0.15, 0.2) is 48.6 Å². The van der Waals surface area contributed by atoms with E-state index in [2.05, 4.69) is 52.2 Å². The molecule has 37 heavy (non-hydrogen) atoms. The van der Waals surface area contributed by atoms with Crippen LogP contribution in [-0.2, 0) is 0 Å². The van der Waals surface area contributed by atoms with Gasteiger partial charge in [-0.25, -0.2) is 0 Å². The topological polar surface area (TPSA) is 0 Å². The first-order valence-electron chi connectivity index (χ1n) is 16.7. The molecule has 0 aromatic carbocycles. The molecular formula is C37H64. The van der Waals surface area contributed by atoms with Gasteiger partial charge in [-0.05, 0) is 80.1 Å². The molecule has 0 saturated heterocycles. The molecule has 212 valence electrons. The highest BCUT2D eigenvalue weighted by Gasteiger charge is 2.23. The predicted molar refractivity (Wildman–Crippen MR) is 168 cm³/mol. The maximum atomic E-state index is 4.54. The second-order valence-electron chi connectivity index (χ2n) is 13.3. The van der Waals surface area contributed by atoms with E-state index in [1.54, 1.807) is 0 Å². The molecule has 0 spiro atoms. The average Bonchev–Trinajstić information content (AvgIpc) is 2.89. The van der Waals surface area contributed by atoms with E-state index < -0.39 is 0 Å². The first-order chi connectivity index (χ1) is 18.0. The lowest BCUT2D eigenvalue weighted by molar-refractivity contribution is 0.245. The van der Waals surface area contributed by atoms with Crippen LogP contribution in [0.5, 0.6) is 0 Å². The fourth-order valence-electron chi connectivity index (χ4n) is 7.00. The Morgan fingerprint density at radius 1 is 0.757 bits per heavy atom. The van der Waals surface area contributed by atoms with Gasteiger partial charge in [-0.2, -0.15) is 0 Å². The summed E-state index contributed by atoms with van der Waals surface area (Å²) in [6.45, 7) is 15.5. The first kappa shape index (κ1) is 32.2. The molecule has 0 nitrogen and oxygen atoms in total. The number of unbranched alkanes of at least 4 members (excludes halogenated alkanes) is 5. The Labute approximate surface area is 233 Å². The van der Waals surface area contributed by atoms with E-state index in [-0.39, 0.29) is 0 Å². The van der Waals surface area contributed by atoms with Gasteiger partial charge < -0.3 is 0 Å². The van der Waals surface area contributed by atoms with Crippen LogP contribution in [0.4, 0.5) is 0 Å². The van der Waals surface area contributed by atoms with Crippen molar-refractivity contribution >= 4 is 0 Å². The smallest absolute Gasteiger partial charge is 0.00672 e. The summed E-state index contributed by atoms with van der Waals surface area (Å²) < 4.78 is 0. The van der Waals surface area contributed by atoms with Crippen molar-refractivity contribution in [2.75, 3.05) is 0 Å². The molecule has 0 heteroatoms. The third-order valence-corrected chi connectivity index (χ3v) is 9.58. The summed E-state index contributed by atoms with van der Waals surface area (Å²) in [5.74, 6) is 4.64. The van der Waals surface area contributed by atoms with Crippen LogP contribution in [-0.4, -0.2) is 0 Å². The van der Waals surface area contributed by atoms with Crippen LogP contribution in [0.25, 0.3) is 0 Å². The van der Waals surface area contributed by atoms with Crippen LogP contribution < -0.4 is 0 Å². The van der Waals surface area contributed by atoms with Crippen LogP contribution in [0.2, 0.25) is 0 Å². The van der Waals surface area contributed by atoms with E-state index >= 15 is 0 Å². The van der Waals surface area contributed by atoms with Crippen molar-refractivity contribution in [1.82, 2.24) is 0 Å².